The molecule has 1 fully saturated rings. The predicted molar refractivity (Wildman–Crippen MR) is 151 cm³/mol. The van der Waals surface area contributed by atoms with Gasteiger partial charge in [0.1, 0.15) is 5.82 Å². The molecular formula is C30H31ClFN3O3S. The van der Waals surface area contributed by atoms with Crippen molar-refractivity contribution in [3.8, 4) is 11.5 Å². The Bertz CT molecular complexity index is 1510. The van der Waals surface area contributed by atoms with Crippen LogP contribution < -0.4 is 5.32 Å². The molecule has 1 aromatic heterocycles. The molecular weight excluding hydrogens is 537 g/mol. The van der Waals surface area contributed by atoms with E-state index in [1.54, 1.807) is 0 Å². The average Bonchev–Trinajstić information content (AvgIpc) is 3.18. The van der Waals surface area contributed by atoms with Crippen LogP contribution in [-0.4, -0.2) is 37.9 Å². The van der Waals surface area contributed by atoms with Crippen LogP contribution in [0.4, 0.5) is 10.3 Å². The van der Waals surface area contributed by atoms with Crippen LogP contribution in [0, 0.1) is 12.7 Å². The highest BCUT2D eigenvalue weighted by molar-refractivity contribution is 7.91. The topological polar surface area (TPSA) is 75.4 Å². The molecule has 0 saturated carbocycles. The Kier molecular flexibility index (Phi) is 8.35. The highest BCUT2D eigenvalue weighted by Crippen LogP contribution is 2.35. The second-order valence-electron chi connectivity index (χ2n) is 9.85. The van der Waals surface area contributed by atoms with E-state index in [0.717, 1.165) is 49.2 Å². The van der Waals surface area contributed by atoms with E-state index in [1.807, 2.05) is 55.5 Å². The third-order valence-electron chi connectivity index (χ3n) is 7.07. The molecule has 0 spiro atoms. The standard InChI is InChI=1S/C30H31ClFN3O3S/c1-21-10-12-22(13-11-21)28-34-30(39(36,37)24-16-14-23(32)15-17-24)29(38-28)33-20-27(25-8-4-5-9-26(25)31)35-18-6-2-3-7-19-35/h4-5,8-17,27,33H,2-3,6-7,18-20H2,1H3. The molecule has 39 heavy (non-hydrogen) atoms. The number of sulfone groups is 1. The number of nitrogens with zero attached hydrogens (tertiary/aromatic N) is 2. The van der Waals surface area contributed by atoms with Crippen molar-refractivity contribution in [1.82, 2.24) is 9.88 Å². The van der Waals surface area contributed by atoms with Gasteiger partial charge in [0.25, 0.3) is 0 Å². The lowest BCUT2D eigenvalue weighted by Crippen LogP contribution is -2.34. The van der Waals surface area contributed by atoms with Crippen molar-refractivity contribution in [2.75, 3.05) is 25.0 Å². The van der Waals surface area contributed by atoms with Gasteiger partial charge in [0.15, 0.2) is 0 Å². The molecule has 0 bridgehead atoms. The summed E-state index contributed by atoms with van der Waals surface area (Å²) in [5, 5.41) is 3.68. The Morgan fingerprint density at radius 1 is 0.974 bits per heavy atom. The molecule has 1 N–H and O–H groups in total. The minimum absolute atomic E-state index is 0.0433. The van der Waals surface area contributed by atoms with Crippen LogP contribution in [-0.2, 0) is 9.84 Å². The van der Waals surface area contributed by atoms with Crippen LogP contribution in [0.25, 0.3) is 11.5 Å². The summed E-state index contributed by atoms with van der Waals surface area (Å²) in [7, 11) is -4.11. The summed E-state index contributed by atoms with van der Waals surface area (Å²) in [5.41, 5.74) is 2.68. The molecule has 1 aliphatic rings. The largest absolute Gasteiger partial charge is 0.419 e. The van der Waals surface area contributed by atoms with Gasteiger partial charge in [-0.15, -0.1) is 0 Å². The van der Waals surface area contributed by atoms with E-state index in [2.05, 4.69) is 15.2 Å². The lowest BCUT2D eigenvalue weighted by molar-refractivity contribution is 0.213. The normalized spacial score (nSPS) is 15.6. The van der Waals surface area contributed by atoms with Gasteiger partial charge in [-0.1, -0.05) is 60.3 Å². The number of aromatic nitrogens is 1. The summed E-state index contributed by atoms with van der Waals surface area (Å²) in [5.74, 6) is -0.295. The molecule has 0 aliphatic carbocycles. The van der Waals surface area contributed by atoms with Crippen LogP contribution in [0.3, 0.4) is 0 Å². The molecule has 2 heterocycles. The molecule has 1 unspecified atom stereocenters. The third kappa shape index (κ3) is 6.19. The molecule has 6 nitrogen and oxygen atoms in total. The Morgan fingerprint density at radius 3 is 2.31 bits per heavy atom. The van der Waals surface area contributed by atoms with Crippen LogP contribution in [0.1, 0.15) is 42.9 Å². The first-order chi connectivity index (χ1) is 18.8. The Balaban J connectivity index is 1.53. The van der Waals surface area contributed by atoms with Crippen LogP contribution in [0.2, 0.25) is 5.02 Å². The van der Waals surface area contributed by atoms with E-state index in [-0.39, 0.29) is 27.7 Å². The zero-order valence-electron chi connectivity index (χ0n) is 21.7. The molecule has 4 aromatic rings. The maximum absolute atomic E-state index is 13.7. The van der Waals surface area contributed by atoms with Crippen molar-refractivity contribution in [3.05, 3.63) is 94.8 Å². The highest BCUT2D eigenvalue weighted by Gasteiger charge is 2.30. The van der Waals surface area contributed by atoms with Crippen LogP contribution >= 0.6 is 11.6 Å². The zero-order valence-corrected chi connectivity index (χ0v) is 23.3. The van der Waals surface area contributed by atoms with Crippen molar-refractivity contribution >= 4 is 27.3 Å². The summed E-state index contributed by atoms with van der Waals surface area (Å²) in [6.07, 6.45) is 4.54. The summed E-state index contributed by atoms with van der Waals surface area (Å²) in [4.78, 5) is 6.76. The molecule has 0 amide bonds. The van der Waals surface area contributed by atoms with Gasteiger partial charge < -0.3 is 9.73 Å². The van der Waals surface area contributed by atoms with E-state index < -0.39 is 15.7 Å². The molecule has 1 atom stereocenters. The van der Waals surface area contributed by atoms with Gasteiger partial charge in [0.05, 0.1) is 10.9 Å². The van der Waals surface area contributed by atoms with Crippen LogP contribution in [0.15, 0.2) is 87.1 Å². The van der Waals surface area contributed by atoms with Crippen molar-refractivity contribution in [2.45, 2.75) is 48.6 Å². The van der Waals surface area contributed by atoms with Crippen molar-refractivity contribution < 1.29 is 17.2 Å². The van der Waals surface area contributed by atoms with E-state index in [1.165, 1.54) is 25.0 Å². The number of benzene rings is 3. The van der Waals surface area contributed by atoms with Gasteiger partial charge in [0.2, 0.25) is 26.6 Å². The lowest BCUT2D eigenvalue weighted by Gasteiger charge is -2.31. The fourth-order valence-corrected chi connectivity index (χ4v) is 6.46. The third-order valence-corrected chi connectivity index (χ3v) is 9.10. The number of halogens is 2. The summed E-state index contributed by atoms with van der Waals surface area (Å²) >= 11 is 6.64. The number of hydrogen-bond donors (Lipinski definition) is 1. The average molecular weight is 568 g/mol. The smallest absolute Gasteiger partial charge is 0.233 e. The van der Waals surface area contributed by atoms with E-state index >= 15 is 0 Å². The molecule has 9 heteroatoms. The van der Waals surface area contributed by atoms with Gasteiger partial charge in [-0.2, -0.15) is 4.98 Å². The minimum Gasteiger partial charge on any atom is -0.419 e. The number of anilines is 1. The first kappa shape index (κ1) is 27.4. The quantitative estimate of drug-likeness (QED) is 0.225. The Morgan fingerprint density at radius 2 is 1.64 bits per heavy atom. The molecule has 1 saturated heterocycles. The van der Waals surface area contributed by atoms with Gasteiger partial charge in [-0.3, -0.25) is 4.90 Å². The SMILES string of the molecule is Cc1ccc(-c2nc(S(=O)(=O)c3ccc(F)cc3)c(NCC(c3ccccc3Cl)N3CCCCCC3)o2)cc1. The first-order valence-electron chi connectivity index (χ1n) is 13.1. The first-order valence-corrected chi connectivity index (χ1v) is 15.0. The van der Waals surface area contributed by atoms with Crippen molar-refractivity contribution in [3.63, 3.8) is 0 Å². The molecule has 1 aliphatic heterocycles. The Hall–Kier alpha value is -3.20. The number of likely N-dealkylation sites (tertiary alicyclic amines) is 1. The molecule has 204 valence electrons. The summed E-state index contributed by atoms with van der Waals surface area (Å²) < 4.78 is 47.0. The predicted octanol–water partition coefficient (Wildman–Crippen LogP) is 7.30. The second kappa shape index (κ2) is 11.9. The zero-order chi connectivity index (χ0) is 27.4. The molecule has 0 radical (unpaired) electrons. The fraction of sp³-hybridized carbons (Fsp3) is 0.300. The van der Waals surface area contributed by atoms with E-state index in [0.29, 0.717) is 17.1 Å². The molecule has 5 rings (SSSR count). The van der Waals surface area contributed by atoms with Gasteiger partial charge in [-0.05, 0) is 80.9 Å². The van der Waals surface area contributed by atoms with Gasteiger partial charge in [-0.25, -0.2) is 12.8 Å². The van der Waals surface area contributed by atoms with Crippen molar-refractivity contribution in [1.29, 1.82) is 0 Å². The number of oxazole rings is 1. The minimum atomic E-state index is -4.11. The Labute approximate surface area is 233 Å². The van der Waals surface area contributed by atoms with E-state index in [4.69, 9.17) is 16.0 Å². The maximum atomic E-state index is 13.7. The van der Waals surface area contributed by atoms with Gasteiger partial charge in [0, 0.05) is 17.1 Å². The van der Waals surface area contributed by atoms with E-state index in [9.17, 15) is 12.8 Å². The number of hydrogen-bond acceptors (Lipinski definition) is 6. The summed E-state index contributed by atoms with van der Waals surface area (Å²) in [6.45, 7) is 4.17. The number of rotatable bonds is 8. The highest BCUT2D eigenvalue weighted by atomic mass is 35.5. The van der Waals surface area contributed by atoms with Crippen LogP contribution in [0.5, 0.6) is 0 Å². The second-order valence-corrected chi connectivity index (χ2v) is 12.1. The fourth-order valence-electron chi connectivity index (χ4n) is 4.92. The summed E-state index contributed by atoms with van der Waals surface area (Å²) in [6, 6.07) is 19.8. The monoisotopic (exact) mass is 567 g/mol. The molecule has 3 aromatic carbocycles. The van der Waals surface area contributed by atoms with Gasteiger partial charge >= 0.3 is 0 Å². The number of aryl methyl sites for hydroxylation is 1. The lowest BCUT2D eigenvalue weighted by atomic mass is 10.0. The number of nitrogens with one attached hydrogen (secondary N) is 1. The maximum Gasteiger partial charge on any atom is 0.233 e. The van der Waals surface area contributed by atoms with Crippen molar-refractivity contribution in [2.24, 2.45) is 0 Å².